The summed E-state index contributed by atoms with van der Waals surface area (Å²) in [5.41, 5.74) is 0. The van der Waals surface area contributed by atoms with Gasteiger partial charge in [-0.1, -0.05) is 45.0 Å². The molecule has 0 aliphatic heterocycles. The first-order chi connectivity index (χ1) is 9.97. The van der Waals surface area contributed by atoms with Crippen molar-refractivity contribution in [1.82, 2.24) is 0 Å². The number of ether oxygens (including phenoxy) is 2. The van der Waals surface area contributed by atoms with Gasteiger partial charge < -0.3 is 9.47 Å². The quantitative estimate of drug-likeness (QED) is 0.592. The molecular weight excluding hydrogens is 290 g/mol. The first kappa shape index (κ1) is 16.8. The fourth-order valence-electron chi connectivity index (χ4n) is 3.02. The van der Waals surface area contributed by atoms with Crippen molar-refractivity contribution in [1.29, 1.82) is 0 Å². The van der Waals surface area contributed by atoms with E-state index in [0.717, 1.165) is 11.5 Å². The van der Waals surface area contributed by atoms with E-state index in [1.807, 2.05) is 0 Å². The van der Waals surface area contributed by atoms with Crippen LogP contribution in [-0.4, -0.2) is 22.6 Å². The van der Waals surface area contributed by atoms with Crippen LogP contribution < -0.4 is 9.47 Å². The minimum atomic E-state index is -0.393. The average molecular weight is 311 g/mol. The maximum atomic E-state index is 5.51. The van der Waals surface area contributed by atoms with E-state index in [2.05, 4.69) is 57.2 Å². The van der Waals surface area contributed by atoms with Crippen LogP contribution in [0.2, 0.25) is 0 Å². The van der Waals surface area contributed by atoms with Gasteiger partial charge in [-0.2, -0.15) is 0 Å². The molecule has 0 spiro atoms. The van der Waals surface area contributed by atoms with Crippen LogP contribution in [0.1, 0.15) is 20.8 Å². The van der Waals surface area contributed by atoms with Crippen LogP contribution in [0.3, 0.4) is 0 Å². The standard InChI is InChI=1S/C18H21O2P.B/c1-18(2,3)21-16-9-7-6-8-12(16)13-10-14(19-4)15(20-5)11-17(13)21;/h6-11H,1-5H3;. The fraction of sp³-hybridized carbons (Fsp3) is 0.333. The Bertz CT molecular complexity index is 815. The van der Waals surface area contributed by atoms with E-state index in [0.29, 0.717) is 0 Å². The highest BCUT2D eigenvalue weighted by atomic mass is 31.1. The van der Waals surface area contributed by atoms with E-state index in [1.54, 1.807) is 14.2 Å². The molecule has 1 atom stereocenters. The van der Waals surface area contributed by atoms with Crippen LogP contribution in [-0.2, 0) is 5.16 Å². The van der Waals surface area contributed by atoms with Crippen molar-refractivity contribution < 1.29 is 9.47 Å². The second kappa shape index (κ2) is 5.89. The summed E-state index contributed by atoms with van der Waals surface area (Å²) in [4.78, 5) is 0. The third-order valence-corrected chi connectivity index (χ3v) is 6.91. The maximum Gasteiger partial charge on any atom is 0.161 e. The second-order valence-electron chi connectivity index (χ2n) is 6.25. The summed E-state index contributed by atoms with van der Waals surface area (Å²) in [6, 6.07) is 13.0. The van der Waals surface area contributed by atoms with Crippen molar-refractivity contribution >= 4 is 37.0 Å². The van der Waals surface area contributed by atoms with E-state index in [1.165, 1.54) is 21.0 Å². The van der Waals surface area contributed by atoms with Crippen LogP contribution in [0.25, 0.3) is 21.0 Å². The summed E-state index contributed by atoms with van der Waals surface area (Å²) in [5.74, 6) is 1.62. The largest absolute Gasteiger partial charge is 0.493 e. The SMILES string of the molecule is COc1cc2c3ccccc3p(C(C)(C)C)c2cc1OC.[B]. The lowest BCUT2D eigenvalue weighted by molar-refractivity contribution is 0.356. The van der Waals surface area contributed by atoms with Gasteiger partial charge in [-0.25, -0.2) is 0 Å². The number of fused-ring (bicyclic) bond motifs is 3. The van der Waals surface area contributed by atoms with Crippen molar-refractivity contribution in [3.63, 3.8) is 0 Å². The van der Waals surface area contributed by atoms with Gasteiger partial charge in [0.05, 0.1) is 14.2 Å². The van der Waals surface area contributed by atoms with Crippen LogP contribution >= 0.6 is 7.53 Å². The number of benzene rings is 2. The zero-order chi connectivity index (χ0) is 15.2. The molecule has 22 heavy (non-hydrogen) atoms. The van der Waals surface area contributed by atoms with Crippen LogP contribution in [0, 0.1) is 0 Å². The minimum Gasteiger partial charge on any atom is -0.493 e. The predicted molar refractivity (Wildman–Crippen MR) is 98.0 cm³/mol. The molecule has 2 aromatic carbocycles. The summed E-state index contributed by atoms with van der Waals surface area (Å²) in [5, 5.41) is 5.72. The Labute approximate surface area is 135 Å². The molecule has 0 saturated heterocycles. The average Bonchev–Trinajstić information content (AvgIpc) is 2.79. The summed E-state index contributed by atoms with van der Waals surface area (Å²) in [6.45, 7) is 6.96. The molecule has 113 valence electrons. The molecule has 0 saturated carbocycles. The highest BCUT2D eigenvalue weighted by molar-refractivity contribution is 7.62. The number of rotatable bonds is 2. The Kier molecular flexibility index (Phi) is 4.49. The van der Waals surface area contributed by atoms with Gasteiger partial charge >= 0.3 is 0 Å². The van der Waals surface area contributed by atoms with Gasteiger partial charge in [0.1, 0.15) is 0 Å². The minimum absolute atomic E-state index is 0. The molecule has 3 aromatic rings. The van der Waals surface area contributed by atoms with Gasteiger partial charge in [-0.15, -0.1) is 7.53 Å². The van der Waals surface area contributed by atoms with Crippen molar-refractivity contribution in [3.05, 3.63) is 36.4 Å². The van der Waals surface area contributed by atoms with Gasteiger partial charge in [0.25, 0.3) is 0 Å². The van der Waals surface area contributed by atoms with Crippen molar-refractivity contribution in [2.75, 3.05) is 14.2 Å². The normalized spacial score (nSPS) is 12.3. The lowest BCUT2D eigenvalue weighted by atomic mass is 10.1. The molecule has 0 N–H and O–H groups in total. The van der Waals surface area contributed by atoms with E-state index in [4.69, 9.17) is 9.47 Å². The third kappa shape index (κ3) is 2.48. The molecule has 0 fully saturated rings. The zero-order valence-electron chi connectivity index (χ0n) is 13.8. The molecule has 1 unspecified atom stereocenters. The number of methoxy groups -OCH3 is 2. The Morgan fingerprint density at radius 3 is 2.00 bits per heavy atom. The first-order valence-corrected chi connectivity index (χ1v) is 8.47. The Hall–Kier alpha value is -1.60. The highest BCUT2D eigenvalue weighted by Gasteiger charge is 2.23. The molecule has 3 rings (SSSR count). The summed E-state index contributed by atoms with van der Waals surface area (Å²) >= 11 is 0. The predicted octanol–water partition coefficient (Wildman–Crippen LogP) is 5.37. The third-order valence-electron chi connectivity index (χ3n) is 3.85. The number of hydrogen-bond donors (Lipinski definition) is 0. The van der Waals surface area contributed by atoms with Crippen molar-refractivity contribution in [2.24, 2.45) is 0 Å². The van der Waals surface area contributed by atoms with Gasteiger partial charge in [-0.05, 0) is 22.9 Å². The Morgan fingerprint density at radius 2 is 1.41 bits per heavy atom. The molecule has 1 aromatic heterocycles. The van der Waals surface area contributed by atoms with Crippen LogP contribution in [0.15, 0.2) is 36.4 Å². The molecular formula is C18H21BO2P. The van der Waals surface area contributed by atoms with Crippen LogP contribution in [0.4, 0.5) is 0 Å². The Morgan fingerprint density at radius 1 is 0.818 bits per heavy atom. The summed E-state index contributed by atoms with van der Waals surface area (Å²) in [6.07, 6.45) is 0. The van der Waals surface area contributed by atoms with E-state index in [9.17, 15) is 0 Å². The van der Waals surface area contributed by atoms with Crippen molar-refractivity contribution in [3.8, 4) is 11.5 Å². The highest BCUT2D eigenvalue weighted by Crippen LogP contribution is 2.59. The van der Waals surface area contributed by atoms with E-state index < -0.39 is 7.53 Å². The molecule has 0 aliphatic rings. The van der Waals surface area contributed by atoms with E-state index >= 15 is 0 Å². The molecule has 0 bridgehead atoms. The van der Waals surface area contributed by atoms with E-state index in [-0.39, 0.29) is 13.6 Å². The maximum absolute atomic E-state index is 5.51. The molecule has 4 heteroatoms. The van der Waals surface area contributed by atoms with Crippen LogP contribution in [0.5, 0.6) is 11.5 Å². The molecule has 3 radical (unpaired) electrons. The molecule has 1 heterocycles. The van der Waals surface area contributed by atoms with Gasteiger partial charge in [0.2, 0.25) is 0 Å². The second-order valence-corrected chi connectivity index (χ2v) is 9.22. The summed E-state index contributed by atoms with van der Waals surface area (Å²) in [7, 11) is 3.00. The Balaban J connectivity index is 0.00000176. The first-order valence-electron chi connectivity index (χ1n) is 7.13. The van der Waals surface area contributed by atoms with Gasteiger partial charge in [-0.3, -0.25) is 0 Å². The van der Waals surface area contributed by atoms with Gasteiger partial charge in [0.15, 0.2) is 11.5 Å². The summed E-state index contributed by atoms with van der Waals surface area (Å²) < 4.78 is 11.0. The fourth-order valence-corrected chi connectivity index (χ4v) is 6.07. The lowest BCUT2D eigenvalue weighted by Crippen LogP contribution is -1.99. The monoisotopic (exact) mass is 311 g/mol. The molecule has 0 amide bonds. The smallest absolute Gasteiger partial charge is 0.161 e. The van der Waals surface area contributed by atoms with Gasteiger partial charge in [0, 0.05) is 23.8 Å². The topological polar surface area (TPSA) is 18.5 Å². The molecule has 0 aliphatic carbocycles. The molecule has 2 nitrogen and oxygen atoms in total. The van der Waals surface area contributed by atoms with Crippen molar-refractivity contribution in [2.45, 2.75) is 25.9 Å². The lowest BCUT2D eigenvalue weighted by Gasteiger charge is -2.21. The number of hydrogen-bond acceptors (Lipinski definition) is 2. The zero-order valence-corrected chi connectivity index (χ0v) is 14.7.